The number of aromatic nitrogens is 2. The molecule has 0 bridgehead atoms. The number of likely N-dealkylation sites (tertiary alicyclic amines) is 1. The van der Waals surface area contributed by atoms with Gasteiger partial charge in [0, 0.05) is 29.7 Å². The fourth-order valence-corrected chi connectivity index (χ4v) is 5.23. The molecule has 0 spiro atoms. The Hall–Kier alpha value is -1.81. The van der Waals surface area contributed by atoms with E-state index >= 15 is 0 Å². The standard InChI is InChI=1S/C22H29N3O/c1-15-7-10-24(11-8-15)14-17-3-4-18(13-17)25-12-9-19-20(25)5-6-21-22(19)16(2)23-26-21/h5-6,9,12,15,17-18H,3-4,7-8,10-11,13-14H2,1-2H3/t17-,18?/m0/s1. The average Bonchev–Trinajstić information content (AvgIpc) is 3.35. The SMILES string of the molecule is Cc1noc2ccc3c(ccn3C3CC[C@H](CN4CCC(C)CC4)C3)c12. The van der Waals surface area contributed by atoms with Gasteiger partial charge in [0.1, 0.15) is 0 Å². The summed E-state index contributed by atoms with van der Waals surface area (Å²) < 4.78 is 7.95. The highest BCUT2D eigenvalue weighted by molar-refractivity contribution is 6.06. The van der Waals surface area contributed by atoms with Gasteiger partial charge < -0.3 is 14.0 Å². The molecule has 1 aromatic carbocycles. The third-order valence-corrected chi connectivity index (χ3v) is 6.81. The molecule has 1 aliphatic heterocycles. The molecule has 2 aromatic heterocycles. The normalized spacial score (nSPS) is 25.6. The quantitative estimate of drug-likeness (QED) is 0.653. The molecule has 138 valence electrons. The third-order valence-electron chi connectivity index (χ3n) is 6.81. The van der Waals surface area contributed by atoms with Crippen LogP contribution < -0.4 is 0 Å². The molecule has 4 heteroatoms. The summed E-state index contributed by atoms with van der Waals surface area (Å²) in [6.07, 6.45) is 9.03. The van der Waals surface area contributed by atoms with E-state index in [1.54, 1.807) is 0 Å². The number of piperidine rings is 1. The molecule has 4 nitrogen and oxygen atoms in total. The molecule has 26 heavy (non-hydrogen) atoms. The summed E-state index contributed by atoms with van der Waals surface area (Å²) >= 11 is 0. The van der Waals surface area contributed by atoms with E-state index in [0.717, 1.165) is 23.1 Å². The van der Waals surface area contributed by atoms with Crippen molar-refractivity contribution in [1.82, 2.24) is 14.6 Å². The molecular weight excluding hydrogens is 322 g/mol. The zero-order valence-corrected chi connectivity index (χ0v) is 15.9. The van der Waals surface area contributed by atoms with E-state index in [1.807, 2.05) is 6.92 Å². The van der Waals surface area contributed by atoms with Crippen molar-refractivity contribution >= 4 is 21.9 Å². The van der Waals surface area contributed by atoms with E-state index in [1.165, 1.54) is 68.0 Å². The van der Waals surface area contributed by atoms with Gasteiger partial charge in [-0.1, -0.05) is 12.1 Å². The largest absolute Gasteiger partial charge is 0.356 e. The lowest BCUT2D eigenvalue weighted by Gasteiger charge is -2.32. The topological polar surface area (TPSA) is 34.2 Å². The lowest BCUT2D eigenvalue weighted by atomic mass is 9.97. The van der Waals surface area contributed by atoms with E-state index in [4.69, 9.17) is 4.52 Å². The van der Waals surface area contributed by atoms with Crippen molar-refractivity contribution in [1.29, 1.82) is 0 Å². The summed E-state index contributed by atoms with van der Waals surface area (Å²) in [6, 6.07) is 7.18. The van der Waals surface area contributed by atoms with Gasteiger partial charge in [0.05, 0.1) is 11.1 Å². The molecule has 0 radical (unpaired) electrons. The Balaban J connectivity index is 1.34. The first-order chi connectivity index (χ1) is 12.7. The fraction of sp³-hybridized carbons (Fsp3) is 0.591. The first-order valence-corrected chi connectivity index (χ1v) is 10.3. The summed E-state index contributed by atoms with van der Waals surface area (Å²) in [5, 5.41) is 6.61. The zero-order chi connectivity index (χ0) is 17.7. The summed E-state index contributed by atoms with van der Waals surface area (Å²) in [4.78, 5) is 2.71. The Morgan fingerprint density at radius 1 is 1.12 bits per heavy atom. The highest BCUT2D eigenvalue weighted by atomic mass is 16.5. The first-order valence-electron chi connectivity index (χ1n) is 10.3. The summed E-state index contributed by atoms with van der Waals surface area (Å²) in [7, 11) is 0. The van der Waals surface area contributed by atoms with Crippen molar-refractivity contribution in [2.75, 3.05) is 19.6 Å². The number of fused-ring (bicyclic) bond motifs is 3. The lowest BCUT2D eigenvalue weighted by Crippen LogP contribution is -2.36. The molecular formula is C22H29N3O. The number of nitrogens with zero attached hydrogens (tertiary/aromatic N) is 3. The molecule has 2 atom stereocenters. The number of hydrogen-bond donors (Lipinski definition) is 0. The minimum Gasteiger partial charge on any atom is -0.356 e. The van der Waals surface area contributed by atoms with Crippen LogP contribution in [0.2, 0.25) is 0 Å². The minimum atomic E-state index is 0.638. The predicted octanol–water partition coefficient (Wildman–Crippen LogP) is 5.16. The second-order valence-electron chi connectivity index (χ2n) is 8.68. The van der Waals surface area contributed by atoms with Crippen LogP contribution in [0.4, 0.5) is 0 Å². The van der Waals surface area contributed by atoms with E-state index in [9.17, 15) is 0 Å². The molecule has 2 fully saturated rings. The van der Waals surface area contributed by atoms with E-state index < -0.39 is 0 Å². The lowest BCUT2D eigenvalue weighted by molar-refractivity contribution is 0.166. The van der Waals surface area contributed by atoms with Gasteiger partial charge in [-0.25, -0.2) is 0 Å². The van der Waals surface area contributed by atoms with Gasteiger partial charge in [-0.2, -0.15) is 0 Å². The van der Waals surface area contributed by atoms with Gasteiger partial charge >= 0.3 is 0 Å². The molecule has 0 amide bonds. The van der Waals surface area contributed by atoms with Crippen molar-refractivity contribution in [3.8, 4) is 0 Å². The van der Waals surface area contributed by atoms with Gasteiger partial charge in [-0.15, -0.1) is 0 Å². The average molecular weight is 351 g/mol. The van der Waals surface area contributed by atoms with Crippen molar-refractivity contribution in [2.24, 2.45) is 11.8 Å². The fourth-order valence-electron chi connectivity index (χ4n) is 5.23. The molecule has 5 rings (SSSR count). The molecule has 1 saturated heterocycles. The molecule has 1 aliphatic carbocycles. The van der Waals surface area contributed by atoms with Gasteiger partial charge in [0.15, 0.2) is 5.58 Å². The van der Waals surface area contributed by atoms with Gasteiger partial charge in [-0.05, 0) is 82.2 Å². The van der Waals surface area contributed by atoms with Crippen LogP contribution in [0.15, 0.2) is 28.9 Å². The van der Waals surface area contributed by atoms with Crippen LogP contribution in [-0.4, -0.2) is 34.3 Å². The summed E-state index contributed by atoms with van der Waals surface area (Å²) in [5.74, 6) is 1.78. The number of rotatable bonds is 3. The van der Waals surface area contributed by atoms with Crippen LogP contribution in [0, 0.1) is 18.8 Å². The summed E-state index contributed by atoms with van der Waals surface area (Å²) in [6.45, 7) is 8.35. The van der Waals surface area contributed by atoms with Crippen LogP contribution in [0.1, 0.15) is 50.8 Å². The highest BCUT2D eigenvalue weighted by Gasteiger charge is 2.29. The van der Waals surface area contributed by atoms with E-state index in [-0.39, 0.29) is 0 Å². The Morgan fingerprint density at radius 3 is 2.81 bits per heavy atom. The van der Waals surface area contributed by atoms with Gasteiger partial charge in [0.25, 0.3) is 0 Å². The first kappa shape index (κ1) is 16.4. The van der Waals surface area contributed by atoms with Crippen molar-refractivity contribution in [3.05, 3.63) is 30.1 Å². The Kier molecular flexibility index (Phi) is 4.04. The van der Waals surface area contributed by atoms with Crippen molar-refractivity contribution in [3.63, 3.8) is 0 Å². The monoisotopic (exact) mass is 351 g/mol. The minimum absolute atomic E-state index is 0.638. The molecule has 1 saturated carbocycles. The maximum absolute atomic E-state index is 5.44. The van der Waals surface area contributed by atoms with E-state index in [0.29, 0.717) is 6.04 Å². The van der Waals surface area contributed by atoms with Crippen molar-refractivity contribution < 1.29 is 4.52 Å². The van der Waals surface area contributed by atoms with E-state index in [2.05, 4.69) is 45.9 Å². The number of benzene rings is 1. The van der Waals surface area contributed by atoms with Crippen LogP contribution >= 0.6 is 0 Å². The van der Waals surface area contributed by atoms with Gasteiger partial charge in [0.2, 0.25) is 0 Å². The Morgan fingerprint density at radius 2 is 1.96 bits per heavy atom. The summed E-state index contributed by atoms with van der Waals surface area (Å²) in [5.41, 5.74) is 3.23. The maximum Gasteiger partial charge on any atom is 0.167 e. The number of hydrogen-bond acceptors (Lipinski definition) is 3. The maximum atomic E-state index is 5.44. The zero-order valence-electron chi connectivity index (χ0n) is 15.9. The third kappa shape index (κ3) is 2.75. The van der Waals surface area contributed by atoms with Crippen LogP contribution in [-0.2, 0) is 0 Å². The predicted molar refractivity (Wildman–Crippen MR) is 105 cm³/mol. The smallest absolute Gasteiger partial charge is 0.167 e. The Labute approximate surface area is 155 Å². The second-order valence-corrected chi connectivity index (χ2v) is 8.68. The molecule has 3 aromatic rings. The molecule has 1 unspecified atom stereocenters. The van der Waals surface area contributed by atoms with Crippen molar-refractivity contribution in [2.45, 2.75) is 52.0 Å². The second kappa shape index (κ2) is 6.41. The van der Waals surface area contributed by atoms with Gasteiger partial charge in [-0.3, -0.25) is 0 Å². The molecule has 2 aliphatic rings. The number of aryl methyl sites for hydroxylation is 1. The highest BCUT2D eigenvalue weighted by Crippen LogP contribution is 2.39. The molecule has 0 N–H and O–H groups in total. The van der Waals surface area contributed by atoms with Crippen LogP contribution in [0.5, 0.6) is 0 Å². The Bertz CT molecular complexity index is 916. The van der Waals surface area contributed by atoms with Crippen LogP contribution in [0.25, 0.3) is 21.9 Å². The van der Waals surface area contributed by atoms with Crippen LogP contribution in [0.3, 0.4) is 0 Å². The molecule has 3 heterocycles.